The molecule has 0 aliphatic carbocycles. The third-order valence-corrected chi connectivity index (χ3v) is 1.49. The number of ether oxygens (including phenoxy) is 1. The Morgan fingerprint density at radius 1 is 1.50 bits per heavy atom. The molecule has 1 saturated heterocycles. The van der Waals surface area contributed by atoms with E-state index in [0.29, 0.717) is 0 Å². The first-order valence-electron chi connectivity index (χ1n) is 2.69. The smallest absolute Gasteiger partial charge is 0.159 e. The Kier molecular flexibility index (Phi) is 1.51. The molecule has 3 unspecified atom stereocenters. The zero-order valence-electron chi connectivity index (χ0n) is 4.74. The lowest BCUT2D eigenvalue weighted by atomic mass is 10.1. The predicted molar refractivity (Wildman–Crippen MR) is 27.1 cm³/mol. The molecule has 1 rings (SSSR count). The molecule has 1 heterocycles. The van der Waals surface area contributed by atoms with Gasteiger partial charge in [-0.15, -0.1) is 0 Å². The topological polar surface area (TPSA) is 49.7 Å². The molecule has 1 fully saturated rings. The van der Waals surface area contributed by atoms with Crippen molar-refractivity contribution in [2.75, 3.05) is 6.61 Å². The average molecular weight is 118 g/mol. The van der Waals surface area contributed by atoms with Crippen LogP contribution in [-0.2, 0) is 4.74 Å². The minimum Gasteiger partial charge on any atom is -0.390 e. The predicted octanol–water partition coefficient (Wildman–Crippen LogP) is -0.668. The van der Waals surface area contributed by atoms with Gasteiger partial charge in [-0.2, -0.15) is 0 Å². The first-order chi connectivity index (χ1) is 3.72. The minimum atomic E-state index is -0.759. The quantitative estimate of drug-likeness (QED) is 0.443. The third-order valence-electron chi connectivity index (χ3n) is 1.49. The summed E-state index contributed by atoms with van der Waals surface area (Å²) in [6.45, 7) is 2.02. The van der Waals surface area contributed by atoms with Crippen LogP contribution in [0.15, 0.2) is 0 Å². The second kappa shape index (κ2) is 2.01. The van der Waals surface area contributed by atoms with Crippen molar-refractivity contribution in [1.82, 2.24) is 0 Å². The number of aliphatic hydroxyl groups excluding tert-OH is 2. The molecule has 0 aromatic carbocycles. The van der Waals surface area contributed by atoms with Crippen LogP contribution in [0.3, 0.4) is 0 Å². The molecule has 0 aromatic rings. The van der Waals surface area contributed by atoms with Crippen LogP contribution in [0, 0.1) is 5.92 Å². The van der Waals surface area contributed by atoms with Crippen molar-refractivity contribution in [3.8, 4) is 0 Å². The van der Waals surface area contributed by atoms with E-state index < -0.39 is 12.4 Å². The van der Waals surface area contributed by atoms with Gasteiger partial charge in [-0.25, -0.2) is 0 Å². The van der Waals surface area contributed by atoms with Crippen LogP contribution in [0.25, 0.3) is 0 Å². The molecule has 48 valence electrons. The van der Waals surface area contributed by atoms with Crippen LogP contribution in [-0.4, -0.2) is 29.2 Å². The Balaban J connectivity index is 2.44. The van der Waals surface area contributed by atoms with Crippen molar-refractivity contribution in [2.45, 2.75) is 19.3 Å². The Bertz CT molecular complexity index is 73.7. The van der Waals surface area contributed by atoms with Crippen molar-refractivity contribution in [3.63, 3.8) is 0 Å². The third kappa shape index (κ3) is 0.844. The van der Waals surface area contributed by atoms with E-state index in [4.69, 9.17) is 10.2 Å². The number of aliphatic hydroxyl groups is 2. The fraction of sp³-hybridized carbons (Fsp3) is 1.00. The molecule has 1 aliphatic heterocycles. The SMILES string of the molecule is CC1C(O)COC1O. The number of hydrogen-bond donors (Lipinski definition) is 2. The summed E-state index contributed by atoms with van der Waals surface area (Å²) >= 11 is 0. The number of rotatable bonds is 0. The standard InChI is InChI=1S/C5H10O3/c1-3-4(6)2-8-5(3)7/h3-7H,2H2,1H3. The largest absolute Gasteiger partial charge is 0.390 e. The van der Waals surface area contributed by atoms with E-state index in [1.165, 1.54) is 0 Å². The monoisotopic (exact) mass is 118 g/mol. The maximum atomic E-state index is 8.88. The van der Waals surface area contributed by atoms with E-state index in [1.54, 1.807) is 6.92 Å². The van der Waals surface area contributed by atoms with Gasteiger partial charge in [0.15, 0.2) is 6.29 Å². The summed E-state index contributed by atoms with van der Waals surface area (Å²) in [6, 6.07) is 0. The average Bonchev–Trinajstić information content (AvgIpc) is 1.98. The maximum Gasteiger partial charge on any atom is 0.159 e. The van der Waals surface area contributed by atoms with Crippen LogP contribution in [0.2, 0.25) is 0 Å². The van der Waals surface area contributed by atoms with Gasteiger partial charge in [0, 0.05) is 5.92 Å². The Morgan fingerprint density at radius 2 is 2.12 bits per heavy atom. The van der Waals surface area contributed by atoms with Gasteiger partial charge in [0.05, 0.1) is 12.7 Å². The van der Waals surface area contributed by atoms with Crippen LogP contribution in [0.5, 0.6) is 0 Å². The van der Waals surface area contributed by atoms with E-state index in [-0.39, 0.29) is 12.5 Å². The zero-order valence-corrected chi connectivity index (χ0v) is 4.74. The van der Waals surface area contributed by atoms with Gasteiger partial charge in [0.2, 0.25) is 0 Å². The van der Waals surface area contributed by atoms with Crippen LogP contribution >= 0.6 is 0 Å². The molecule has 3 nitrogen and oxygen atoms in total. The van der Waals surface area contributed by atoms with Gasteiger partial charge >= 0.3 is 0 Å². The molecular formula is C5H10O3. The first kappa shape index (κ1) is 6.01. The molecule has 0 aromatic heterocycles. The molecular weight excluding hydrogens is 108 g/mol. The maximum absolute atomic E-state index is 8.88. The van der Waals surface area contributed by atoms with Crippen molar-refractivity contribution in [3.05, 3.63) is 0 Å². The van der Waals surface area contributed by atoms with Crippen molar-refractivity contribution in [2.24, 2.45) is 5.92 Å². The molecule has 2 N–H and O–H groups in total. The van der Waals surface area contributed by atoms with Gasteiger partial charge in [0.1, 0.15) is 0 Å². The molecule has 0 amide bonds. The summed E-state index contributed by atoms with van der Waals surface area (Å²) < 4.78 is 4.68. The van der Waals surface area contributed by atoms with E-state index in [0.717, 1.165) is 0 Å². The molecule has 0 bridgehead atoms. The zero-order chi connectivity index (χ0) is 6.15. The molecule has 3 atom stereocenters. The Morgan fingerprint density at radius 3 is 2.25 bits per heavy atom. The fourth-order valence-electron chi connectivity index (χ4n) is 0.691. The summed E-state index contributed by atoms with van der Waals surface area (Å²) in [5, 5.41) is 17.7. The van der Waals surface area contributed by atoms with Gasteiger partial charge in [-0.3, -0.25) is 0 Å². The van der Waals surface area contributed by atoms with Crippen LogP contribution in [0.1, 0.15) is 6.92 Å². The molecule has 0 radical (unpaired) electrons. The lowest BCUT2D eigenvalue weighted by molar-refractivity contribution is -0.0788. The summed E-state index contributed by atoms with van der Waals surface area (Å²) in [5.41, 5.74) is 0. The fourth-order valence-corrected chi connectivity index (χ4v) is 0.691. The van der Waals surface area contributed by atoms with E-state index in [2.05, 4.69) is 4.74 Å². The van der Waals surface area contributed by atoms with Crippen molar-refractivity contribution >= 4 is 0 Å². The van der Waals surface area contributed by atoms with E-state index >= 15 is 0 Å². The lowest BCUT2D eigenvalue weighted by Crippen LogP contribution is -2.19. The van der Waals surface area contributed by atoms with E-state index in [9.17, 15) is 0 Å². The molecule has 3 heteroatoms. The Labute approximate surface area is 47.9 Å². The Hall–Kier alpha value is -0.120. The lowest BCUT2D eigenvalue weighted by Gasteiger charge is -2.07. The highest BCUT2D eigenvalue weighted by Gasteiger charge is 2.30. The summed E-state index contributed by atoms with van der Waals surface area (Å²) in [7, 11) is 0. The highest BCUT2D eigenvalue weighted by molar-refractivity contribution is 4.72. The second-order valence-electron chi connectivity index (χ2n) is 2.15. The van der Waals surface area contributed by atoms with Crippen molar-refractivity contribution < 1.29 is 14.9 Å². The minimum absolute atomic E-state index is 0.130. The van der Waals surface area contributed by atoms with E-state index in [1.807, 2.05) is 0 Å². The summed E-state index contributed by atoms with van der Waals surface area (Å²) in [6.07, 6.45) is -1.24. The van der Waals surface area contributed by atoms with Crippen LogP contribution < -0.4 is 0 Å². The molecule has 0 saturated carbocycles. The summed E-state index contributed by atoms with van der Waals surface area (Å²) in [5.74, 6) is -0.130. The molecule has 8 heavy (non-hydrogen) atoms. The first-order valence-corrected chi connectivity index (χ1v) is 2.69. The van der Waals surface area contributed by atoms with Gasteiger partial charge in [0.25, 0.3) is 0 Å². The molecule has 0 spiro atoms. The van der Waals surface area contributed by atoms with Crippen LogP contribution in [0.4, 0.5) is 0 Å². The second-order valence-corrected chi connectivity index (χ2v) is 2.15. The number of hydrogen-bond acceptors (Lipinski definition) is 3. The van der Waals surface area contributed by atoms with Gasteiger partial charge in [-0.1, -0.05) is 6.92 Å². The van der Waals surface area contributed by atoms with Crippen molar-refractivity contribution in [1.29, 1.82) is 0 Å². The van der Waals surface area contributed by atoms with Gasteiger partial charge in [-0.05, 0) is 0 Å². The molecule has 1 aliphatic rings. The summed E-state index contributed by atoms with van der Waals surface area (Å²) in [4.78, 5) is 0. The highest BCUT2D eigenvalue weighted by atomic mass is 16.6. The highest BCUT2D eigenvalue weighted by Crippen LogP contribution is 2.17. The van der Waals surface area contributed by atoms with Gasteiger partial charge < -0.3 is 14.9 Å². The normalized spacial score (nSPS) is 47.6.